The predicted octanol–water partition coefficient (Wildman–Crippen LogP) is 2.77. The standard InChI is InChI=1S/C14H15Cl2N5/c15-9-5-11(16)12(17-6-9)7-21-8-13(19-20-21)14-3-1-10(18-14)2-4-14/h5-6,8,10,18H,1-4,7H2. The van der Waals surface area contributed by atoms with Gasteiger partial charge in [-0.3, -0.25) is 4.98 Å². The van der Waals surface area contributed by atoms with Crippen LogP contribution in [0.25, 0.3) is 0 Å². The molecule has 1 N–H and O–H groups in total. The number of rotatable bonds is 3. The first kappa shape index (κ1) is 13.5. The highest BCUT2D eigenvalue weighted by Crippen LogP contribution is 2.43. The topological polar surface area (TPSA) is 55.6 Å². The Bertz CT molecular complexity index is 676. The fourth-order valence-electron chi connectivity index (χ4n) is 3.43. The summed E-state index contributed by atoms with van der Waals surface area (Å²) >= 11 is 12.0. The minimum Gasteiger partial charge on any atom is -0.303 e. The highest BCUT2D eigenvalue weighted by molar-refractivity contribution is 6.34. The molecule has 2 aromatic heterocycles. The number of pyridine rings is 1. The van der Waals surface area contributed by atoms with E-state index in [1.807, 2.05) is 6.20 Å². The van der Waals surface area contributed by atoms with Crippen molar-refractivity contribution in [3.8, 4) is 0 Å². The Morgan fingerprint density at radius 2 is 2.14 bits per heavy atom. The number of nitrogens with one attached hydrogen (secondary N) is 1. The minimum atomic E-state index is 0.0418. The van der Waals surface area contributed by atoms with Crippen LogP contribution >= 0.6 is 23.2 Å². The van der Waals surface area contributed by atoms with Gasteiger partial charge in [0.25, 0.3) is 0 Å². The van der Waals surface area contributed by atoms with Gasteiger partial charge in [0.15, 0.2) is 0 Å². The van der Waals surface area contributed by atoms with Crippen LogP contribution in [0.2, 0.25) is 10.0 Å². The molecule has 2 aliphatic heterocycles. The summed E-state index contributed by atoms with van der Waals surface area (Å²) in [4.78, 5) is 4.26. The van der Waals surface area contributed by atoms with E-state index < -0.39 is 0 Å². The molecule has 0 aliphatic carbocycles. The van der Waals surface area contributed by atoms with Gasteiger partial charge in [-0.25, -0.2) is 4.68 Å². The van der Waals surface area contributed by atoms with E-state index in [1.165, 1.54) is 12.8 Å². The maximum absolute atomic E-state index is 6.15. The van der Waals surface area contributed by atoms with Crippen LogP contribution in [-0.4, -0.2) is 26.0 Å². The van der Waals surface area contributed by atoms with Gasteiger partial charge in [-0.05, 0) is 31.7 Å². The lowest BCUT2D eigenvalue weighted by molar-refractivity contribution is 0.389. The molecule has 2 aliphatic rings. The molecule has 2 saturated heterocycles. The first-order chi connectivity index (χ1) is 10.1. The number of aromatic nitrogens is 4. The van der Waals surface area contributed by atoms with Crippen molar-refractivity contribution in [2.24, 2.45) is 0 Å². The molecule has 0 aromatic carbocycles. The van der Waals surface area contributed by atoms with Gasteiger partial charge in [0.2, 0.25) is 0 Å². The molecule has 5 nitrogen and oxygen atoms in total. The van der Waals surface area contributed by atoms with E-state index >= 15 is 0 Å². The largest absolute Gasteiger partial charge is 0.303 e. The van der Waals surface area contributed by atoms with Gasteiger partial charge in [-0.2, -0.15) is 0 Å². The molecule has 4 rings (SSSR count). The van der Waals surface area contributed by atoms with Crippen molar-refractivity contribution < 1.29 is 0 Å². The van der Waals surface area contributed by atoms with Crippen molar-refractivity contribution in [1.82, 2.24) is 25.3 Å². The third-order valence-corrected chi connectivity index (χ3v) is 5.08. The molecule has 0 saturated carbocycles. The van der Waals surface area contributed by atoms with E-state index in [-0.39, 0.29) is 5.54 Å². The fraction of sp³-hybridized carbons (Fsp3) is 0.500. The third-order valence-electron chi connectivity index (χ3n) is 4.54. The molecule has 0 unspecified atom stereocenters. The fourth-order valence-corrected chi connectivity index (χ4v) is 3.87. The molecule has 2 aromatic rings. The smallest absolute Gasteiger partial charge is 0.103 e. The Kier molecular flexibility index (Phi) is 3.17. The molecular formula is C14H15Cl2N5. The van der Waals surface area contributed by atoms with Crippen LogP contribution in [0.15, 0.2) is 18.5 Å². The molecule has 0 amide bonds. The SMILES string of the molecule is Clc1cnc(Cn2cc(C34CCC(CC3)N4)nn2)c(Cl)c1. The van der Waals surface area contributed by atoms with Crippen LogP contribution in [-0.2, 0) is 12.1 Å². The van der Waals surface area contributed by atoms with Gasteiger partial charge in [0.1, 0.15) is 5.69 Å². The highest BCUT2D eigenvalue weighted by Gasteiger charge is 2.47. The summed E-state index contributed by atoms with van der Waals surface area (Å²) in [6.07, 6.45) is 8.37. The van der Waals surface area contributed by atoms with Gasteiger partial charge in [0.05, 0.1) is 34.0 Å². The van der Waals surface area contributed by atoms with Crippen molar-refractivity contribution in [2.45, 2.75) is 43.8 Å². The van der Waals surface area contributed by atoms with Crippen LogP contribution in [0.1, 0.15) is 37.1 Å². The molecule has 2 fully saturated rings. The number of nitrogens with zero attached hydrogens (tertiary/aromatic N) is 4. The second kappa shape index (κ2) is 4.93. The summed E-state index contributed by atoms with van der Waals surface area (Å²) in [6, 6.07) is 2.35. The van der Waals surface area contributed by atoms with Crippen molar-refractivity contribution >= 4 is 23.2 Å². The maximum atomic E-state index is 6.15. The molecule has 0 radical (unpaired) electrons. The van der Waals surface area contributed by atoms with Crippen molar-refractivity contribution in [2.75, 3.05) is 0 Å². The molecule has 0 spiro atoms. The highest BCUT2D eigenvalue weighted by atomic mass is 35.5. The molecule has 4 heterocycles. The Labute approximate surface area is 132 Å². The molecule has 0 atom stereocenters. The summed E-state index contributed by atoms with van der Waals surface area (Å²) in [5.74, 6) is 0. The second-order valence-electron chi connectivity index (χ2n) is 5.88. The van der Waals surface area contributed by atoms with Gasteiger partial charge in [-0.1, -0.05) is 28.4 Å². The summed E-state index contributed by atoms with van der Waals surface area (Å²) < 4.78 is 1.79. The van der Waals surface area contributed by atoms with Gasteiger partial charge in [-0.15, -0.1) is 5.10 Å². The average molecular weight is 324 g/mol. The minimum absolute atomic E-state index is 0.0418. The quantitative estimate of drug-likeness (QED) is 0.943. The summed E-state index contributed by atoms with van der Waals surface area (Å²) in [5.41, 5.74) is 1.83. The zero-order valence-electron chi connectivity index (χ0n) is 11.4. The third kappa shape index (κ3) is 2.33. The zero-order valence-corrected chi connectivity index (χ0v) is 12.9. The molecule has 2 bridgehead atoms. The van der Waals surface area contributed by atoms with Crippen molar-refractivity contribution in [1.29, 1.82) is 0 Å². The van der Waals surface area contributed by atoms with Crippen LogP contribution in [0.3, 0.4) is 0 Å². The molecule has 7 heteroatoms. The lowest BCUT2D eigenvalue weighted by Gasteiger charge is -2.22. The Morgan fingerprint density at radius 1 is 1.33 bits per heavy atom. The lowest BCUT2D eigenvalue weighted by atomic mass is 9.86. The summed E-state index contributed by atoms with van der Waals surface area (Å²) in [7, 11) is 0. The van der Waals surface area contributed by atoms with Crippen LogP contribution in [0, 0.1) is 0 Å². The zero-order chi connectivity index (χ0) is 14.4. The van der Waals surface area contributed by atoms with Crippen LogP contribution in [0.5, 0.6) is 0 Å². The second-order valence-corrected chi connectivity index (χ2v) is 6.73. The average Bonchev–Trinajstić information content (AvgIpc) is 3.17. The maximum Gasteiger partial charge on any atom is 0.103 e. The molecular weight excluding hydrogens is 309 g/mol. The number of hydrogen-bond acceptors (Lipinski definition) is 4. The first-order valence-corrected chi connectivity index (χ1v) is 7.88. The van der Waals surface area contributed by atoms with E-state index in [1.54, 1.807) is 16.9 Å². The van der Waals surface area contributed by atoms with Gasteiger partial charge < -0.3 is 5.32 Å². The number of fused-ring (bicyclic) bond motifs is 2. The molecule has 21 heavy (non-hydrogen) atoms. The lowest BCUT2D eigenvalue weighted by Crippen LogP contribution is -2.33. The summed E-state index contributed by atoms with van der Waals surface area (Å²) in [5, 5.41) is 13.4. The first-order valence-electron chi connectivity index (χ1n) is 7.13. The monoisotopic (exact) mass is 323 g/mol. The predicted molar refractivity (Wildman–Crippen MR) is 80.5 cm³/mol. The van der Waals surface area contributed by atoms with Crippen LogP contribution < -0.4 is 5.32 Å². The summed E-state index contributed by atoms with van der Waals surface area (Å²) in [6.45, 7) is 0.502. The normalized spacial score (nSPS) is 27.4. The van der Waals surface area contributed by atoms with E-state index in [4.69, 9.17) is 23.2 Å². The molecule has 110 valence electrons. The van der Waals surface area contributed by atoms with Crippen LogP contribution in [0.4, 0.5) is 0 Å². The van der Waals surface area contributed by atoms with Gasteiger partial charge >= 0.3 is 0 Å². The Balaban J connectivity index is 1.57. The van der Waals surface area contributed by atoms with Crippen molar-refractivity contribution in [3.63, 3.8) is 0 Å². The van der Waals surface area contributed by atoms with E-state index in [0.717, 1.165) is 24.2 Å². The number of halogens is 2. The van der Waals surface area contributed by atoms with Crippen molar-refractivity contribution in [3.05, 3.63) is 39.9 Å². The van der Waals surface area contributed by atoms with E-state index in [9.17, 15) is 0 Å². The van der Waals surface area contributed by atoms with E-state index in [2.05, 4.69) is 20.6 Å². The van der Waals surface area contributed by atoms with E-state index in [0.29, 0.717) is 22.6 Å². The number of hydrogen-bond donors (Lipinski definition) is 1. The Morgan fingerprint density at radius 3 is 2.81 bits per heavy atom. The van der Waals surface area contributed by atoms with Gasteiger partial charge in [0, 0.05) is 12.2 Å². The Hall–Kier alpha value is -1.17.